The summed E-state index contributed by atoms with van der Waals surface area (Å²) in [4.78, 5) is 22.7. The highest BCUT2D eigenvalue weighted by Gasteiger charge is 2.33. The summed E-state index contributed by atoms with van der Waals surface area (Å²) in [6, 6.07) is 4.12. The van der Waals surface area contributed by atoms with Gasteiger partial charge in [0.15, 0.2) is 0 Å². The number of rotatable bonds is 2. The molecule has 18 heavy (non-hydrogen) atoms. The summed E-state index contributed by atoms with van der Waals surface area (Å²) in [5.74, 6) is -1.41. The molecule has 0 aromatic heterocycles. The van der Waals surface area contributed by atoms with Gasteiger partial charge in [-0.05, 0) is 24.6 Å². The van der Waals surface area contributed by atoms with Crippen molar-refractivity contribution < 1.29 is 18.0 Å². The van der Waals surface area contributed by atoms with Gasteiger partial charge in [-0.2, -0.15) is 4.31 Å². The van der Waals surface area contributed by atoms with Gasteiger partial charge in [-0.25, -0.2) is 8.42 Å². The molecule has 1 saturated heterocycles. The van der Waals surface area contributed by atoms with Gasteiger partial charge in [-0.15, -0.1) is 0 Å². The molecule has 0 aliphatic carbocycles. The highest BCUT2D eigenvalue weighted by atomic mass is 32.2. The van der Waals surface area contributed by atoms with Crippen molar-refractivity contribution in [2.75, 3.05) is 18.4 Å². The molecule has 7 heteroatoms. The molecule has 94 valence electrons. The number of carbonyl (C=O) groups is 2. The van der Waals surface area contributed by atoms with Crippen LogP contribution in [-0.4, -0.2) is 37.5 Å². The number of hydrogen-bond donors (Lipinski definition) is 1. The van der Waals surface area contributed by atoms with Crippen LogP contribution in [0.4, 0.5) is 5.69 Å². The first kappa shape index (κ1) is 11.4. The van der Waals surface area contributed by atoms with Gasteiger partial charge >= 0.3 is 0 Å². The molecule has 1 N–H and O–H groups in total. The molecule has 3 rings (SSSR count). The summed E-state index contributed by atoms with van der Waals surface area (Å²) in [5.41, 5.74) is 0.495. The molecule has 1 amide bonds. The molecule has 2 aliphatic rings. The van der Waals surface area contributed by atoms with Gasteiger partial charge in [0.1, 0.15) is 0 Å². The first-order valence-corrected chi connectivity index (χ1v) is 6.94. The van der Waals surface area contributed by atoms with Crippen molar-refractivity contribution in [2.24, 2.45) is 0 Å². The molecule has 6 nitrogen and oxygen atoms in total. The summed E-state index contributed by atoms with van der Waals surface area (Å²) in [5, 5.41) is 2.39. The molecule has 0 saturated carbocycles. The first-order valence-electron chi connectivity index (χ1n) is 5.50. The third-order valence-electron chi connectivity index (χ3n) is 3.14. The molecule has 0 unspecified atom stereocenters. The van der Waals surface area contributed by atoms with Crippen LogP contribution < -0.4 is 5.32 Å². The molecule has 0 radical (unpaired) electrons. The smallest absolute Gasteiger partial charge is 0.296 e. The second-order valence-electron chi connectivity index (χ2n) is 4.25. The van der Waals surface area contributed by atoms with Crippen LogP contribution in [-0.2, 0) is 14.8 Å². The van der Waals surface area contributed by atoms with Crippen molar-refractivity contribution in [1.29, 1.82) is 0 Å². The maximum Gasteiger partial charge on any atom is 0.296 e. The lowest BCUT2D eigenvalue weighted by atomic mass is 10.1. The Bertz CT molecular complexity index is 662. The van der Waals surface area contributed by atoms with E-state index >= 15 is 0 Å². The lowest BCUT2D eigenvalue weighted by Crippen LogP contribution is -2.41. The van der Waals surface area contributed by atoms with E-state index < -0.39 is 21.7 Å². The zero-order chi connectivity index (χ0) is 12.9. The summed E-state index contributed by atoms with van der Waals surface area (Å²) in [6.45, 7) is 1.01. The Labute approximate surface area is 104 Å². The Morgan fingerprint density at radius 3 is 2.50 bits per heavy atom. The van der Waals surface area contributed by atoms with Crippen molar-refractivity contribution >= 4 is 27.4 Å². The van der Waals surface area contributed by atoms with Crippen LogP contribution in [0.5, 0.6) is 0 Å². The summed E-state index contributed by atoms with van der Waals surface area (Å²) < 4.78 is 25.6. The maximum atomic E-state index is 12.1. The number of hydrogen-bond acceptors (Lipinski definition) is 4. The first-order chi connectivity index (χ1) is 8.50. The molecular weight excluding hydrogens is 256 g/mol. The van der Waals surface area contributed by atoms with Crippen LogP contribution in [0.1, 0.15) is 16.8 Å². The van der Waals surface area contributed by atoms with Gasteiger partial charge in [0.25, 0.3) is 11.7 Å². The zero-order valence-electron chi connectivity index (χ0n) is 9.34. The van der Waals surface area contributed by atoms with Gasteiger partial charge in [-0.1, -0.05) is 0 Å². The van der Waals surface area contributed by atoms with E-state index in [-0.39, 0.29) is 10.5 Å². The number of nitrogens with one attached hydrogen (secondary N) is 1. The predicted octanol–water partition coefficient (Wildman–Crippen LogP) is 0.216. The van der Waals surface area contributed by atoms with Gasteiger partial charge in [0.2, 0.25) is 10.0 Å². The van der Waals surface area contributed by atoms with Crippen molar-refractivity contribution in [2.45, 2.75) is 11.3 Å². The minimum absolute atomic E-state index is 0.0609. The van der Waals surface area contributed by atoms with Crippen molar-refractivity contribution in [1.82, 2.24) is 4.31 Å². The van der Waals surface area contributed by atoms with E-state index in [1.54, 1.807) is 0 Å². The second kappa shape index (κ2) is 3.63. The van der Waals surface area contributed by atoms with Crippen LogP contribution in [0.25, 0.3) is 0 Å². The average Bonchev–Trinajstić information content (AvgIpc) is 2.51. The molecule has 1 aromatic carbocycles. The number of ketones is 1. The number of nitrogens with zero attached hydrogens (tertiary/aromatic N) is 1. The van der Waals surface area contributed by atoms with Gasteiger partial charge in [0.05, 0.1) is 16.1 Å². The normalized spacial score (nSPS) is 19.3. The fourth-order valence-electron chi connectivity index (χ4n) is 1.96. The van der Waals surface area contributed by atoms with Gasteiger partial charge in [0, 0.05) is 13.1 Å². The Morgan fingerprint density at radius 2 is 1.89 bits per heavy atom. The number of benzene rings is 1. The molecule has 2 aliphatic heterocycles. The maximum absolute atomic E-state index is 12.1. The fraction of sp³-hybridized carbons (Fsp3) is 0.273. The number of amides is 1. The molecule has 0 bridgehead atoms. The largest absolute Gasteiger partial charge is 0.318 e. The topological polar surface area (TPSA) is 83.6 Å². The Balaban J connectivity index is 2.06. The number of anilines is 1. The molecule has 1 aromatic rings. The summed E-state index contributed by atoms with van der Waals surface area (Å²) >= 11 is 0. The third kappa shape index (κ3) is 1.48. The van der Waals surface area contributed by atoms with Crippen LogP contribution in [0, 0.1) is 0 Å². The number of Topliss-reactive ketones (excluding diaryl/α,β-unsaturated/α-hetero) is 1. The van der Waals surface area contributed by atoms with Crippen LogP contribution >= 0.6 is 0 Å². The predicted molar refractivity (Wildman–Crippen MR) is 62.8 cm³/mol. The van der Waals surface area contributed by atoms with Crippen molar-refractivity contribution in [3.8, 4) is 0 Å². The Kier molecular flexibility index (Phi) is 2.29. The SMILES string of the molecule is O=C1Nc2ccc(S(=O)(=O)N3CCC3)cc2C1=O. The lowest BCUT2D eigenvalue weighted by molar-refractivity contribution is -0.112. The molecular formula is C11H10N2O4S. The third-order valence-corrected chi connectivity index (χ3v) is 5.04. The van der Waals surface area contributed by atoms with Gasteiger partial charge < -0.3 is 5.32 Å². The van der Waals surface area contributed by atoms with Crippen molar-refractivity contribution in [3.05, 3.63) is 23.8 Å². The minimum atomic E-state index is -3.52. The second-order valence-corrected chi connectivity index (χ2v) is 6.19. The number of sulfonamides is 1. The molecule has 1 fully saturated rings. The Hall–Kier alpha value is -1.73. The molecule has 0 spiro atoms. The molecule has 0 atom stereocenters. The van der Waals surface area contributed by atoms with Crippen LogP contribution in [0.15, 0.2) is 23.1 Å². The van der Waals surface area contributed by atoms with Crippen molar-refractivity contribution in [3.63, 3.8) is 0 Å². The average molecular weight is 266 g/mol. The van der Waals surface area contributed by atoms with E-state index in [2.05, 4.69) is 5.32 Å². The number of carbonyl (C=O) groups excluding carboxylic acids is 2. The quantitative estimate of drug-likeness (QED) is 0.776. The molecule has 2 heterocycles. The van der Waals surface area contributed by atoms with Crippen LogP contribution in [0.2, 0.25) is 0 Å². The van der Waals surface area contributed by atoms with E-state index in [0.29, 0.717) is 18.8 Å². The fourth-order valence-corrected chi connectivity index (χ4v) is 3.50. The van der Waals surface area contributed by atoms with E-state index in [9.17, 15) is 18.0 Å². The standard InChI is InChI=1S/C11H10N2O4S/c14-10-8-6-7(2-3-9(8)12-11(10)15)18(16,17)13-4-1-5-13/h2-3,6H,1,4-5H2,(H,12,14,15). The van der Waals surface area contributed by atoms with E-state index in [4.69, 9.17) is 0 Å². The van der Waals surface area contributed by atoms with E-state index in [1.165, 1.54) is 22.5 Å². The van der Waals surface area contributed by atoms with E-state index in [0.717, 1.165) is 6.42 Å². The minimum Gasteiger partial charge on any atom is -0.318 e. The highest BCUT2D eigenvalue weighted by Crippen LogP contribution is 2.28. The highest BCUT2D eigenvalue weighted by molar-refractivity contribution is 7.89. The monoisotopic (exact) mass is 266 g/mol. The summed E-state index contributed by atoms with van der Waals surface area (Å²) in [7, 11) is -3.52. The van der Waals surface area contributed by atoms with E-state index in [1.807, 2.05) is 0 Å². The summed E-state index contributed by atoms with van der Waals surface area (Å²) in [6.07, 6.45) is 0.850. The van der Waals surface area contributed by atoms with Crippen LogP contribution in [0.3, 0.4) is 0 Å². The number of fused-ring (bicyclic) bond motifs is 1. The lowest BCUT2D eigenvalue weighted by Gasteiger charge is -2.29. The van der Waals surface area contributed by atoms with Gasteiger partial charge in [-0.3, -0.25) is 9.59 Å². The zero-order valence-corrected chi connectivity index (χ0v) is 10.2. The Morgan fingerprint density at radius 1 is 1.17 bits per heavy atom.